The molecule has 6 heteroatoms. The van der Waals surface area contributed by atoms with Crippen LogP contribution in [0.15, 0.2) is 24.3 Å². The summed E-state index contributed by atoms with van der Waals surface area (Å²) in [6, 6.07) is 7.07. The van der Waals surface area contributed by atoms with Crippen molar-refractivity contribution in [3.8, 4) is 0 Å². The molecule has 1 amide bonds. The first-order valence-corrected chi connectivity index (χ1v) is 7.61. The number of benzene rings is 1. The summed E-state index contributed by atoms with van der Waals surface area (Å²) in [6.45, 7) is 2.53. The first-order valence-electron chi connectivity index (χ1n) is 5.94. The van der Waals surface area contributed by atoms with E-state index in [1.807, 2.05) is 6.92 Å². The zero-order chi connectivity index (χ0) is 14.5. The Kier molecular flexibility index (Phi) is 6.75. The third kappa shape index (κ3) is 4.42. The molecular formula is C13H15Cl4NO. The molecule has 0 aliphatic carbocycles. The molecule has 0 saturated carbocycles. The minimum absolute atomic E-state index is 0.179. The van der Waals surface area contributed by atoms with Crippen molar-refractivity contribution >= 4 is 58.0 Å². The number of unbranched alkanes of at least 4 members (excludes halogenated alkanes) is 1. The number of anilines is 1. The van der Waals surface area contributed by atoms with E-state index in [2.05, 4.69) is 0 Å². The maximum atomic E-state index is 12.4. The molecular weight excluding hydrogens is 328 g/mol. The molecule has 0 atom stereocenters. The Morgan fingerprint density at radius 1 is 1.32 bits per heavy atom. The lowest BCUT2D eigenvalue weighted by Crippen LogP contribution is -2.44. The van der Waals surface area contributed by atoms with E-state index in [9.17, 15) is 4.79 Å². The molecule has 0 unspecified atom stereocenters. The van der Waals surface area contributed by atoms with Crippen molar-refractivity contribution in [3.05, 3.63) is 29.3 Å². The maximum Gasteiger partial charge on any atom is 0.264 e. The number of nitrogens with zero attached hydrogens (tertiary/aromatic N) is 1. The molecule has 1 aromatic carbocycles. The molecule has 0 bridgehead atoms. The predicted octanol–water partition coefficient (Wildman–Crippen LogP) is 4.89. The average molecular weight is 343 g/mol. The van der Waals surface area contributed by atoms with Crippen molar-refractivity contribution in [1.29, 1.82) is 0 Å². The fourth-order valence-corrected chi connectivity index (χ4v) is 2.13. The van der Waals surface area contributed by atoms with Gasteiger partial charge in [-0.15, -0.1) is 11.6 Å². The molecule has 1 rings (SSSR count). The number of carbonyl (C=O) groups excluding carboxylic acids is 1. The lowest BCUT2D eigenvalue weighted by Gasteiger charge is -2.28. The summed E-state index contributed by atoms with van der Waals surface area (Å²) in [5.74, 6) is -0.630. The first kappa shape index (κ1) is 16.9. The summed E-state index contributed by atoms with van der Waals surface area (Å²) in [5, 5.41) is 0.477. The van der Waals surface area contributed by atoms with Gasteiger partial charge < -0.3 is 4.90 Å². The van der Waals surface area contributed by atoms with Gasteiger partial charge in [0.1, 0.15) is 0 Å². The van der Waals surface area contributed by atoms with Gasteiger partial charge in [0, 0.05) is 6.54 Å². The first-order chi connectivity index (χ1) is 8.94. The minimum Gasteiger partial charge on any atom is -0.308 e. The van der Waals surface area contributed by atoms with Gasteiger partial charge in [0.15, 0.2) is 0 Å². The second kappa shape index (κ2) is 7.58. The summed E-state index contributed by atoms with van der Waals surface area (Å²) in [4.78, 5) is 13.9. The number of halogens is 4. The number of rotatable bonds is 6. The highest BCUT2D eigenvalue weighted by Crippen LogP contribution is 2.32. The quantitative estimate of drug-likeness (QED) is 0.674. The molecule has 0 radical (unpaired) electrons. The monoisotopic (exact) mass is 341 g/mol. The Bertz CT molecular complexity index is 436. The third-order valence-electron chi connectivity index (χ3n) is 2.60. The fraction of sp³-hybridized carbons (Fsp3) is 0.462. The highest BCUT2D eigenvalue weighted by molar-refractivity contribution is 6.61. The number of hydrogen-bond acceptors (Lipinski definition) is 1. The lowest BCUT2D eigenvalue weighted by molar-refractivity contribution is -0.118. The van der Waals surface area contributed by atoms with E-state index in [0.717, 1.165) is 12.8 Å². The molecule has 2 nitrogen and oxygen atoms in total. The van der Waals surface area contributed by atoms with E-state index in [1.165, 1.54) is 4.90 Å². The van der Waals surface area contributed by atoms with Crippen LogP contribution in [0.3, 0.4) is 0 Å². The summed E-state index contributed by atoms with van der Waals surface area (Å²) in [5.41, 5.74) is 0.596. The van der Waals surface area contributed by atoms with Crippen LogP contribution < -0.4 is 4.90 Å². The minimum atomic E-state index is -1.64. The smallest absolute Gasteiger partial charge is 0.264 e. The van der Waals surface area contributed by atoms with Gasteiger partial charge in [0.2, 0.25) is 4.33 Å². The van der Waals surface area contributed by atoms with Gasteiger partial charge in [-0.1, -0.05) is 60.3 Å². The van der Waals surface area contributed by atoms with Gasteiger partial charge in [-0.3, -0.25) is 4.79 Å². The summed E-state index contributed by atoms with van der Waals surface area (Å²) < 4.78 is -1.64. The summed E-state index contributed by atoms with van der Waals surface area (Å²) in [7, 11) is 0. The van der Waals surface area contributed by atoms with Crippen LogP contribution in [0.1, 0.15) is 19.8 Å². The predicted molar refractivity (Wildman–Crippen MR) is 83.9 cm³/mol. The molecule has 0 aliphatic rings. The van der Waals surface area contributed by atoms with Gasteiger partial charge >= 0.3 is 0 Å². The number of hydrogen-bond donors (Lipinski definition) is 0. The van der Waals surface area contributed by atoms with Crippen molar-refractivity contribution in [2.24, 2.45) is 0 Å². The third-order valence-corrected chi connectivity index (χ3v) is 4.19. The second-order valence-electron chi connectivity index (χ2n) is 4.10. The summed E-state index contributed by atoms with van der Waals surface area (Å²) >= 11 is 23.7. The standard InChI is InChI=1S/C13H15Cl4NO/c1-2-3-8-18(12(19)13(16,17)9-14)11-7-5-4-6-10(11)15/h4-7H,2-3,8-9H2,1H3. The molecule has 0 N–H and O–H groups in total. The fourth-order valence-electron chi connectivity index (χ4n) is 1.57. The van der Waals surface area contributed by atoms with Gasteiger partial charge in [-0.05, 0) is 18.6 Å². The molecule has 0 aromatic heterocycles. The molecule has 19 heavy (non-hydrogen) atoms. The van der Waals surface area contributed by atoms with Crippen LogP contribution >= 0.6 is 46.4 Å². The Balaban J connectivity index is 3.08. The Morgan fingerprint density at radius 3 is 2.47 bits per heavy atom. The molecule has 0 aliphatic heterocycles. The van der Waals surface area contributed by atoms with E-state index < -0.39 is 10.2 Å². The van der Waals surface area contributed by atoms with Crippen molar-refractivity contribution in [3.63, 3.8) is 0 Å². The van der Waals surface area contributed by atoms with E-state index >= 15 is 0 Å². The van der Waals surface area contributed by atoms with E-state index in [-0.39, 0.29) is 5.88 Å². The number of amides is 1. The maximum absolute atomic E-state index is 12.4. The average Bonchev–Trinajstić information content (AvgIpc) is 2.40. The van der Waals surface area contributed by atoms with Crippen LogP contribution in [0.4, 0.5) is 5.69 Å². The SMILES string of the molecule is CCCCN(C(=O)C(Cl)(Cl)CCl)c1ccccc1Cl. The second-order valence-corrected chi connectivity index (χ2v) is 6.26. The Labute approximate surface area is 133 Å². The molecule has 0 heterocycles. The van der Waals surface area contributed by atoms with Crippen LogP contribution in [-0.2, 0) is 4.79 Å². The van der Waals surface area contributed by atoms with E-state index in [4.69, 9.17) is 46.4 Å². The zero-order valence-electron chi connectivity index (χ0n) is 10.5. The Morgan fingerprint density at radius 2 is 1.95 bits per heavy atom. The normalized spacial score (nSPS) is 11.4. The van der Waals surface area contributed by atoms with Crippen LogP contribution in [0.5, 0.6) is 0 Å². The number of para-hydroxylation sites is 1. The molecule has 0 spiro atoms. The highest BCUT2D eigenvalue weighted by atomic mass is 35.5. The number of alkyl halides is 3. The van der Waals surface area contributed by atoms with Gasteiger partial charge in [0.25, 0.3) is 5.91 Å². The van der Waals surface area contributed by atoms with Crippen LogP contribution in [0, 0.1) is 0 Å². The molecule has 0 saturated heterocycles. The lowest BCUT2D eigenvalue weighted by atomic mass is 10.2. The van der Waals surface area contributed by atoms with E-state index in [1.54, 1.807) is 24.3 Å². The Hall–Kier alpha value is -0.150. The van der Waals surface area contributed by atoms with Crippen molar-refractivity contribution in [1.82, 2.24) is 0 Å². The van der Waals surface area contributed by atoms with Crippen LogP contribution in [-0.4, -0.2) is 22.7 Å². The highest BCUT2D eigenvalue weighted by Gasteiger charge is 2.37. The molecule has 106 valence electrons. The topological polar surface area (TPSA) is 20.3 Å². The zero-order valence-corrected chi connectivity index (χ0v) is 13.5. The van der Waals surface area contributed by atoms with Gasteiger partial charge in [-0.2, -0.15) is 0 Å². The van der Waals surface area contributed by atoms with Gasteiger partial charge in [0.05, 0.1) is 16.6 Å². The number of carbonyl (C=O) groups is 1. The van der Waals surface area contributed by atoms with Crippen LogP contribution in [0.25, 0.3) is 0 Å². The molecule has 1 aromatic rings. The van der Waals surface area contributed by atoms with Gasteiger partial charge in [-0.25, -0.2) is 0 Å². The van der Waals surface area contributed by atoms with Crippen molar-refractivity contribution < 1.29 is 4.79 Å². The summed E-state index contributed by atoms with van der Waals surface area (Å²) in [6.07, 6.45) is 1.76. The van der Waals surface area contributed by atoms with Crippen molar-refractivity contribution in [2.45, 2.75) is 24.1 Å². The van der Waals surface area contributed by atoms with Crippen LogP contribution in [0.2, 0.25) is 5.02 Å². The van der Waals surface area contributed by atoms with Crippen molar-refractivity contribution in [2.75, 3.05) is 17.3 Å². The molecule has 0 fully saturated rings. The van der Waals surface area contributed by atoms with E-state index in [0.29, 0.717) is 17.3 Å². The largest absolute Gasteiger partial charge is 0.308 e.